The molecule has 1 aromatic heterocycles. The number of carboxylic acid groups (broad SMARTS) is 1. The van der Waals surface area contributed by atoms with Crippen molar-refractivity contribution in [1.82, 2.24) is 0 Å². The molecule has 6 heteroatoms. The molecule has 2 N–H and O–H groups in total. The average Bonchev–Trinajstić information content (AvgIpc) is 2.80. The van der Waals surface area contributed by atoms with Crippen molar-refractivity contribution >= 4 is 44.8 Å². The molecule has 20 heavy (non-hydrogen) atoms. The number of aryl methyl sites for hydroxylation is 1. The predicted octanol–water partition coefficient (Wildman–Crippen LogP) is 4.08. The molecular formula is C14H12BrNO3S. The summed E-state index contributed by atoms with van der Waals surface area (Å²) in [5, 5.41) is 13.6. The minimum Gasteiger partial charge on any atom is -0.478 e. The normalized spacial score (nSPS) is 10.3. The number of hydrogen-bond acceptors (Lipinski definition) is 3. The van der Waals surface area contributed by atoms with Crippen molar-refractivity contribution < 1.29 is 14.7 Å². The van der Waals surface area contributed by atoms with E-state index in [1.165, 1.54) is 17.4 Å². The van der Waals surface area contributed by atoms with Crippen LogP contribution in [0.5, 0.6) is 0 Å². The van der Waals surface area contributed by atoms with Gasteiger partial charge in [-0.2, -0.15) is 0 Å². The highest BCUT2D eigenvalue weighted by molar-refractivity contribution is 9.11. The molecule has 0 aliphatic rings. The molecule has 0 saturated heterocycles. The zero-order valence-corrected chi connectivity index (χ0v) is 13.3. The Morgan fingerprint density at radius 3 is 2.50 bits per heavy atom. The Kier molecular flexibility index (Phi) is 4.25. The van der Waals surface area contributed by atoms with E-state index in [1.54, 1.807) is 24.4 Å². The number of amides is 1. The van der Waals surface area contributed by atoms with Crippen LogP contribution in [-0.4, -0.2) is 17.0 Å². The zero-order valence-electron chi connectivity index (χ0n) is 10.9. The van der Waals surface area contributed by atoms with E-state index in [2.05, 4.69) is 21.2 Å². The molecule has 0 unspecified atom stereocenters. The third-order valence-corrected chi connectivity index (χ3v) is 4.49. The highest BCUT2D eigenvalue weighted by Gasteiger charge is 2.13. The van der Waals surface area contributed by atoms with Crippen LogP contribution in [0.3, 0.4) is 0 Å². The lowest BCUT2D eigenvalue weighted by Crippen LogP contribution is -2.12. The third kappa shape index (κ3) is 3.08. The van der Waals surface area contributed by atoms with Crippen LogP contribution in [0, 0.1) is 13.8 Å². The van der Waals surface area contributed by atoms with Gasteiger partial charge >= 0.3 is 5.97 Å². The van der Waals surface area contributed by atoms with E-state index in [0.29, 0.717) is 16.8 Å². The summed E-state index contributed by atoms with van der Waals surface area (Å²) in [6.07, 6.45) is 0. The zero-order chi connectivity index (χ0) is 14.9. The lowest BCUT2D eigenvalue weighted by molar-refractivity contribution is 0.0695. The van der Waals surface area contributed by atoms with Gasteiger partial charge in [-0.3, -0.25) is 4.79 Å². The first kappa shape index (κ1) is 14.7. The van der Waals surface area contributed by atoms with Gasteiger partial charge in [-0.25, -0.2) is 4.79 Å². The number of carbonyl (C=O) groups is 2. The van der Waals surface area contributed by atoms with Crippen molar-refractivity contribution in [2.75, 3.05) is 5.32 Å². The average molecular weight is 354 g/mol. The Morgan fingerprint density at radius 2 is 1.95 bits per heavy atom. The molecule has 2 rings (SSSR count). The van der Waals surface area contributed by atoms with E-state index in [1.807, 2.05) is 6.92 Å². The van der Waals surface area contributed by atoms with Gasteiger partial charge in [-0.15, -0.1) is 11.3 Å². The molecule has 0 aliphatic heterocycles. The molecule has 0 spiro atoms. The number of aromatic carboxylic acids is 1. The summed E-state index contributed by atoms with van der Waals surface area (Å²) in [5.41, 5.74) is 2.75. The number of anilines is 1. The van der Waals surface area contributed by atoms with Gasteiger partial charge in [0.2, 0.25) is 0 Å². The van der Waals surface area contributed by atoms with Crippen LogP contribution in [0.2, 0.25) is 0 Å². The fourth-order valence-corrected chi connectivity index (χ4v) is 2.92. The second-order valence-corrected chi connectivity index (χ2v) is 6.65. The lowest BCUT2D eigenvalue weighted by atomic mass is 10.0. The summed E-state index contributed by atoms with van der Waals surface area (Å²) >= 11 is 4.72. The van der Waals surface area contributed by atoms with Crippen LogP contribution in [-0.2, 0) is 0 Å². The molecule has 4 nitrogen and oxygen atoms in total. The molecule has 1 amide bonds. The number of halogens is 1. The smallest absolute Gasteiger partial charge is 0.336 e. The lowest BCUT2D eigenvalue weighted by Gasteiger charge is -2.10. The van der Waals surface area contributed by atoms with Gasteiger partial charge in [0, 0.05) is 11.1 Å². The molecule has 0 aliphatic carbocycles. The molecule has 104 valence electrons. The Bertz CT molecular complexity index is 694. The number of rotatable bonds is 3. The van der Waals surface area contributed by atoms with E-state index in [0.717, 1.165) is 9.35 Å². The van der Waals surface area contributed by atoms with Crippen molar-refractivity contribution in [1.29, 1.82) is 0 Å². The fraction of sp³-hybridized carbons (Fsp3) is 0.143. The van der Waals surface area contributed by atoms with Crippen molar-refractivity contribution in [3.63, 3.8) is 0 Å². The van der Waals surface area contributed by atoms with E-state index in [4.69, 9.17) is 5.11 Å². The third-order valence-electron chi connectivity index (χ3n) is 2.99. The van der Waals surface area contributed by atoms with Crippen molar-refractivity contribution in [3.8, 4) is 0 Å². The Hall–Kier alpha value is -1.66. The largest absolute Gasteiger partial charge is 0.478 e. The topological polar surface area (TPSA) is 66.4 Å². The Balaban J connectivity index is 2.30. The first-order valence-electron chi connectivity index (χ1n) is 5.78. The minimum absolute atomic E-state index is 0.201. The van der Waals surface area contributed by atoms with E-state index < -0.39 is 5.97 Å². The summed E-state index contributed by atoms with van der Waals surface area (Å²) in [5.74, 6) is -1.26. The molecule has 1 heterocycles. The highest BCUT2D eigenvalue weighted by Crippen LogP contribution is 2.23. The molecule has 0 atom stereocenters. The number of nitrogens with one attached hydrogen (secondary N) is 1. The van der Waals surface area contributed by atoms with Crippen LogP contribution >= 0.6 is 27.3 Å². The second-order valence-electron chi connectivity index (χ2n) is 4.36. The van der Waals surface area contributed by atoms with Gasteiger partial charge < -0.3 is 10.4 Å². The highest BCUT2D eigenvalue weighted by atomic mass is 79.9. The van der Waals surface area contributed by atoms with Crippen LogP contribution < -0.4 is 5.32 Å². The van der Waals surface area contributed by atoms with Crippen molar-refractivity contribution in [2.45, 2.75) is 13.8 Å². The second kappa shape index (κ2) is 5.76. The minimum atomic E-state index is -1.00. The monoisotopic (exact) mass is 353 g/mol. The van der Waals surface area contributed by atoms with Crippen LogP contribution in [0.15, 0.2) is 27.4 Å². The predicted molar refractivity (Wildman–Crippen MR) is 82.8 cm³/mol. The number of thiophene rings is 1. The summed E-state index contributed by atoms with van der Waals surface area (Å²) in [7, 11) is 0. The molecule has 0 radical (unpaired) electrons. The molecule has 2 aromatic rings. The van der Waals surface area contributed by atoms with Crippen LogP contribution in [0.1, 0.15) is 31.8 Å². The van der Waals surface area contributed by atoms with Crippen LogP contribution in [0.25, 0.3) is 0 Å². The first-order valence-corrected chi connectivity index (χ1v) is 7.45. The van der Waals surface area contributed by atoms with Gasteiger partial charge in [0.25, 0.3) is 5.91 Å². The summed E-state index contributed by atoms with van der Waals surface area (Å²) < 4.78 is 0.869. The SMILES string of the molecule is Cc1cc(NC(=O)c2csc(Br)c2)cc(C(=O)O)c1C. The molecule has 0 bridgehead atoms. The molecule has 1 aromatic carbocycles. The summed E-state index contributed by atoms with van der Waals surface area (Å²) in [4.78, 5) is 23.2. The maximum Gasteiger partial charge on any atom is 0.336 e. The van der Waals surface area contributed by atoms with Gasteiger partial charge in [-0.1, -0.05) is 0 Å². The Morgan fingerprint density at radius 1 is 1.25 bits per heavy atom. The van der Waals surface area contributed by atoms with Gasteiger partial charge in [-0.05, 0) is 59.1 Å². The number of benzene rings is 1. The van der Waals surface area contributed by atoms with Crippen molar-refractivity contribution in [3.05, 3.63) is 49.6 Å². The van der Waals surface area contributed by atoms with Gasteiger partial charge in [0.15, 0.2) is 0 Å². The quantitative estimate of drug-likeness (QED) is 0.873. The molecular weight excluding hydrogens is 342 g/mol. The molecule has 0 fully saturated rings. The van der Waals surface area contributed by atoms with Gasteiger partial charge in [0.05, 0.1) is 14.9 Å². The van der Waals surface area contributed by atoms with E-state index >= 15 is 0 Å². The fourth-order valence-electron chi connectivity index (χ4n) is 1.79. The maximum absolute atomic E-state index is 12.0. The van der Waals surface area contributed by atoms with E-state index in [9.17, 15) is 9.59 Å². The number of carbonyl (C=O) groups excluding carboxylic acids is 1. The van der Waals surface area contributed by atoms with Crippen molar-refractivity contribution in [2.24, 2.45) is 0 Å². The number of hydrogen-bond donors (Lipinski definition) is 2. The number of carboxylic acids is 1. The van der Waals surface area contributed by atoms with Gasteiger partial charge in [0.1, 0.15) is 0 Å². The van der Waals surface area contributed by atoms with E-state index in [-0.39, 0.29) is 11.5 Å². The molecule has 0 saturated carbocycles. The standard InChI is InChI=1S/C14H12BrNO3S/c1-7-3-10(5-11(8(7)2)14(18)19)16-13(17)9-4-12(15)20-6-9/h3-6H,1-2H3,(H,16,17)(H,18,19). The maximum atomic E-state index is 12.0. The summed E-state index contributed by atoms with van der Waals surface area (Å²) in [6.45, 7) is 3.57. The van der Waals surface area contributed by atoms with Crippen LogP contribution in [0.4, 0.5) is 5.69 Å². The Labute approximate surface area is 128 Å². The first-order chi connectivity index (χ1) is 9.38. The summed E-state index contributed by atoms with van der Waals surface area (Å²) in [6, 6.07) is 4.96.